The van der Waals surface area contributed by atoms with Gasteiger partial charge in [-0.25, -0.2) is 0 Å². The van der Waals surface area contributed by atoms with Crippen molar-refractivity contribution in [2.45, 2.75) is 44.1 Å². The molecule has 96 valence electrons. The lowest BCUT2D eigenvalue weighted by Crippen LogP contribution is -2.28. The van der Waals surface area contributed by atoms with Gasteiger partial charge in [0.25, 0.3) is 0 Å². The van der Waals surface area contributed by atoms with E-state index in [4.69, 9.17) is 6.42 Å². The second-order valence-electron chi connectivity index (χ2n) is 5.82. The van der Waals surface area contributed by atoms with Crippen molar-refractivity contribution in [2.24, 2.45) is 23.7 Å². The Hall–Kier alpha value is 0.260. The van der Waals surface area contributed by atoms with Gasteiger partial charge in [0.05, 0.1) is 4.58 Å². The molecule has 2 fully saturated rings. The van der Waals surface area contributed by atoms with Crippen LogP contribution in [0.4, 0.5) is 0 Å². The molecule has 0 amide bonds. The van der Waals surface area contributed by atoms with Crippen molar-refractivity contribution in [3.8, 4) is 12.3 Å². The SMILES string of the molecule is C#CC1CCC(C2SCC(C(C)C)CS2)CC1. The molecule has 1 saturated heterocycles. The van der Waals surface area contributed by atoms with Crippen LogP contribution in [0.1, 0.15) is 39.5 Å². The molecule has 0 radical (unpaired) electrons. The number of rotatable bonds is 2. The van der Waals surface area contributed by atoms with Crippen molar-refractivity contribution in [2.75, 3.05) is 11.5 Å². The molecule has 0 spiro atoms. The van der Waals surface area contributed by atoms with Crippen molar-refractivity contribution in [3.05, 3.63) is 0 Å². The second kappa shape index (κ2) is 6.43. The first-order valence-corrected chi connectivity index (χ1v) is 8.99. The normalized spacial score (nSPS) is 38.9. The van der Waals surface area contributed by atoms with Gasteiger partial charge in [-0.1, -0.05) is 13.8 Å². The third kappa shape index (κ3) is 3.61. The van der Waals surface area contributed by atoms with E-state index in [2.05, 4.69) is 43.3 Å². The molecule has 1 heterocycles. The summed E-state index contributed by atoms with van der Waals surface area (Å²) in [5.74, 6) is 8.99. The molecule has 2 heteroatoms. The van der Waals surface area contributed by atoms with Gasteiger partial charge < -0.3 is 0 Å². The molecule has 17 heavy (non-hydrogen) atoms. The van der Waals surface area contributed by atoms with Crippen LogP contribution in [0.3, 0.4) is 0 Å². The van der Waals surface area contributed by atoms with Crippen LogP contribution in [-0.4, -0.2) is 16.1 Å². The molecule has 1 aliphatic heterocycles. The van der Waals surface area contributed by atoms with E-state index in [-0.39, 0.29) is 0 Å². The number of hydrogen-bond donors (Lipinski definition) is 0. The van der Waals surface area contributed by atoms with Crippen LogP contribution in [0.5, 0.6) is 0 Å². The highest BCUT2D eigenvalue weighted by atomic mass is 32.2. The van der Waals surface area contributed by atoms with Crippen LogP contribution in [0.25, 0.3) is 0 Å². The van der Waals surface area contributed by atoms with Crippen LogP contribution in [0.2, 0.25) is 0 Å². The highest BCUT2D eigenvalue weighted by Crippen LogP contribution is 2.45. The molecule has 2 aliphatic rings. The molecule has 0 atom stereocenters. The Kier molecular flexibility index (Phi) is 5.18. The summed E-state index contributed by atoms with van der Waals surface area (Å²) in [4.78, 5) is 0. The Morgan fingerprint density at radius 3 is 2.12 bits per heavy atom. The first-order valence-electron chi connectivity index (χ1n) is 6.90. The molecule has 0 aromatic heterocycles. The minimum atomic E-state index is 0.577. The molecule has 0 aromatic rings. The summed E-state index contributed by atoms with van der Waals surface area (Å²) >= 11 is 4.45. The van der Waals surface area contributed by atoms with E-state index in [0.29, 0.717) is 5.92 Å². The van der Waals surface area contributed by atoms with Gasteiger partial charge in [0.1, 0.15) is 0 Å². The number of terminal acetylenes is 1. The van der Waals surface area contributed by atoms with Gasteiger partial charge in [-0.3, -0.25) is 0 Å². The molecular formula is C15H24S2. The maximum Gasteiger partial charge on any atom is 0.0530 e. The summed E-state index contributed by atoms with van der Waals surface area (Å²) in [7, 11) is 0. The fraction of sp³-hybridized carbons (Fsp3) is 0.867. The quantitative estimate of drug-likeness (QED) is 0.676. The zero-order valence-corrected chi connectivity index (χ0v) is 12.7. The van der Waals surface area contributed by atoms with Crippen LogP contribution >= 0.6 is 23.5 Å². The van der Waals surface area contributed by atoms with E-state index < -0.39 is 0 Å². The van der Waals surface area contributed by atoms with Gasteiger partial charge in [-0.2, -0.15) is 0 Å². The van der Waals surface area contributed by atoms with E-state index in [1.807, 2.05) is 0 Å². The summed E-state index contributed by atoms with van der Waals surface area (Å²) < 4.78 is 0.865. The molecule has 0 nitrogen and oxygen atoms in total. The molecule has 0 unspecified atom stereocenters. The van der Waals surface area contributed by atoms with Gasteiger partial charge in [-0.05, 0) is 54.9 Å². The Morgan fingerprint density at radius 1 is 1.06 bits per heavy atom. The van der Waals surface area contributed by atoms with Crippen molar-refractivity contribution >= 4 is 23.5 Å². The van der Waals surface area contributed by atoms with E-state index in [9.17, 15) is 0 Å². The zero-order valence-electron chi connectivity index (χ0n) is 11.0. The monoisotopic (exact) mass is 268 g/mol. The smallest absolute Gasteiger partial charge is 0.0530 e. The average molecular weight is 268 g/mol. The van der Waals surface area contributed by atoms with Crippen LogP contribution in [0, 0.1) is 36.0 Å². The molecule has 0 N–H and O–H groups in total. The first kappa shape index (κ1) is 13.7. The third-order valence-corrected chi connectivity index (χ3v) is 7.77. The Labute approximate surface area is 115 Å². The predicted molar refractivity (Wildman–Crippen MR) is 81.3 cm³/mol. The van der Waals surface area contributed by atoms with Crippen molar-refractivity contribution in [1.82, 2.24) is 0 Å². The van der Waals surface area contributed by atoms with E-state index >= 15 is 0 Å². The Balaban J connectivity index is 1.76. The summed E-state index contributed by atoms with van der Waals surface area (Å²) in [6.45, 7) is 4.73. The molecule has 0 aromatic carbocycles. The Morgan fingerprint density at radius 2 is 1.65 bits per heavy atom. The number of hydrogen-bond acceptors (Lipinski definition) is 2. The fourth-order valence-electron chi connectivity index (χ4n) is 2.75. The maximum atomic E-state index is 5.52. The zero-order chi connectivity index (χ0) is 12.3. The van der Waals surface area contributed by atoms with Crippen LogP contribution < -0.4 is 0 Å². The number of thioether (sulfide) groups is 2. The van der Waals surface area contributed by atoms with Gasteiger partial charge in [0.15, 0.2) is 0 Å². The molecule has 1 aliphatic carbocycles. The topological polar surface area (TPSA) is 0 Å². The van der Waals surface area contributed by atoms with Crippen LogP contribution in [-0.2, 0) is 0 Å². The fourth-order valence-corrected chi connectivity index (χ4v) is 6.72. The summed E-state index contributed by atoms with van der Waals surface area (Å²) in [5.41, 5.74) is 0. The minimum absolute atomic E-state index is 0.577. The molecule has 1 saturated carbocycles. The van der Waals surface area contributed by atoms with Crippen molar-refractivity contribution in [3.63, 3.8) is 0 Å². The third-order valence-electron chi connectivity index (χ3n) is 4.28. The summed E-state index contributed by atoms with van der Waals surface area (Å²) in [5, 5.41) is 0. The molecular weight excluding hydrogens is 244 g/mol. The largest absolute Gasteiger partial charge is 0.147 e. The second-order valence-corrected chi connectivity index (χ2v) is 8.46. The lowest BCUT2D eigenvalue weighted by atomic mass is 9.83. The molecule has 0 bridgehead atoms. The first-order chi connectivity index (χ1) is 8.20. The maximum absolute atomic E-state index is 5.52. The Bertz CT molecular complexity index is 263. The standard InChI is InChI=1S/C15H24S2/c1-4-12-5-7-13(8-6-12)15-16-9-14(10-17-15)11(2)3/h1,11-15H,5-10H2,2-3H3. The van der Waals surface area contributed by atoms with Crippen LogP contribution in [0.15, 0.2) is 0 Å². The highest BCUT2D eigenvalue weighted by molar-refractivity contribution is 8.17. The highest BCUT2D eigenvalue weighted by Gasteiger charge is 2.32. The summed E-state index contributed by atoms with van der Waals surface area (Å²) in [6.07, 6.45) is 10.8. The lowest BCUT2D eigenvalue weighted by molar-refractivity contribution is 0.333. The van der Waals surface area contributed by atoms with Gasteiger partial charge in [-0.15, -0.1) is 35.9 Å². The minimum Gasteiger partial charge on any atom is -0.147 e. The predicted octanol–water partition coefficient (Wildman–Crippen LogP) is 4.50. The lowest BCUT2D eigenvalue weighted by Gasteiger charge is -2.37. The van der Waals surface area contributed by atoms with Crippen molar-refractivity contribution < 1.29 is 0 Å². The molecule has 2 rings (SSSR count). The van der Waals surface area contributed by atoms with E-state index in [1.54, 1.807) is 0 Å². The summed E-state index contributed by atoms with van der Waals surface area (Å²) in [6, 6.07) is 0. The van der Waals surface area contributed by atoms with E-state index in [0.717, 1.165) is 22.3 Å². The van der Waals surface area contributed by atoms with Gasteiger partial charge in [0.2, 0.25) is 0 Å². The van der Waals surface area contributed by atoms with Crippen molar-refractivity contribution in [1.29, 1.82) is 0 Å². The average Bonchev–Trinajstić information content (AvgIpc) is 2.39. The van der Waals surface area contributed by atoms with Gasteiger partial charge in [0, 0.05) is 5.92 Å². The van der Waals surface area contributed by atoms with E-state index in [1.165, 1.54) is 37.2 Å². The van der Waals surface area contributed by atoms with Gasteiger partial charge >= 0.3 is 0 Å².